The van der Waals surface area contributed by atoms with E-state index in [1.807, 2.05) is 19.0 Å². The summed E-state index contributed by atoms with van der Waals surface area (Å²) in [5, 5.41) is 6.94. The molecule has 27 heavy (non-hydrogen) atoms. The van der Waals surface area contributed by atoms with Crippen LogP contribution in [0.3, 0.4) is 0 Å². The minimum Gasteiger partial charge on any atom is -0.361 e. The number of nitrogens with one attached hydrogen (secondary N) is 1. The number of rotatable bonds is 4. The van der Waals surface area contributed by atoms with Gasteiger partial charge in [-0.3, -0.25) is 4.79 Å². The monoisotopic (exact) mass is 370 g/mol. The molecule has 3 heterocycles. The Hall–Kier alpha value is -2.64. The van der Waals surface area contributed by atoms with E-state index in [2.05, 4.69) is 20.4 Å². The third-order valence-electron chi connectivity index (χ3n) is 5.23. The van der Waals surface area contributed by atoms with Crippen molar-refractivity contribution < 1.29 is 9.32 Å². The first-order valence-corrected chi connectivity index (χ1v) is 9.71. The lowest BCUT2D eigenvalue weighted by atomic mass is 9.96. The summed E-state index contributed by atoms with van der Waals surface area (Å²) in [5.74, 6) is 1.99. The van der Waals surface area contributed by atoms with Gasteiger partial charge in [0, 0.05) is 39.2 Å². The number of nitrogens with zero attached hydrogens (tertiary/aromatic N) is 5. The van der Waals surface area contributed by atoms with Gasteiger partial charge in [-0.2, -0.15) is 4.98 Å². The number of aryl methyl sites for hydroxylation is 1. The molecule has 0 atom stereocenters. The fraction of sp³-hybridized carbons (Fsp3) is 0.579. The van der Waals surface area contributed by atoms with Crippen LogP contribution in [0.4, 0.5) is 17.5 Å². The molecular formula is C19H26N6O2. The van der Waals surface area contributed by atoms with E-state index in [0.717, 1.165) is 68.9 Å². The molecule has 1 saturated heterocycles. The first kappa shape index (κ1) is 17.8. The molecule has 8 nitrogen and oxygen atoms in total. The van der Waals surface area contributed by atoms with E-state index in [-0.39, 0.29) is 5.91 Å². The van der Waals surface area contributed by atoms with Crippen LogP contribution >= 0.6 is 0 Å². The van der Waals surface area contributed by atoms with E-state index in [9.17, 15) is 4.79 Å². The maximum atomic E-state index is 12.8. The van der Waals surface area contributed by atoms with Crippen LogP contribution in [0.2, 0.25) is 0 Å². The molecular weight excluding hydrogens is 344 g/mol. The fourth-order valence-corrected chi connectivity index (χ4v) is 3.78. The smallest absolute Gasteiger partial charge is 0.278 e. The predicted molar refractivity (Wildman–Crippen MR) is 104 cm³/mol. The summed E-state index contributed by atoms with van der Waals surface area (Å²) in [4.78, 5) is 26.1. The van der Waals surface area contributed by atoms with E-state index in [0.29, 0.717) is 17.2 Å². The minimum atomic E-state index is -0.265. The molecule has 0 bridgehead atoms. The number of hydrogen-bond acceptors (Lipinski definition) is 7. The van der Waals surface area contributed by atoms with Crippen LogP contribution in [0.5, 0.6) is 0 Å². The standard InChI is InChI=1S/C19H26N6O2/c1-24(2)17-14(12-20-19(22-17)25-10-6-3-7-11-25)21-18(26)16-13-8-4-5-9-15(13)27-23-16/h12H,3-11H2,1-2H3,(H,21,26). The Morgan fingerprint density at radius 2 is 1.93 bits per heavy atom. The quantitative estimate of drug-likeness (QED) is 0.885. The molecule has 2 aromatic rings. The zero-order valence-electron chi connectivity index (χ0n) is 16.0. The lowest BCUT2D eigenvalue weighted by Gasteiger charge is -2.28. The van der Waals surface area contributed by atoms with Crippen LogP contribution in [0.25, 0.3) is 0 Å². The van der Waals surface area contributed by atoms with E-state index in [1.165, 1.54) is 6.42 Å². The SMILES string of the molecule is CN(C)c1nc(N2CCCCC2)ncc1NC(=O)c1noc2c1CCCC2. The van der Waals surface area contributed by atoms with Crippen molar-refractivity contribution in [3.63, 3.8) is 0 Å². The molecule has 1 aliphatic heterocycles. The van der Waals surface area contributed by atoms with Gasteiger partial charge in [-0.25, -0.2) is 4.98 Å². The number of anilines is 3. The number of amides is 1. The van der Waals surface area contributed by atoms with Crippen molar-refractivity contribution in [1.82, 2.24) is 15.1 Å². The van der Waals surface area contributed by atoms with Gasteiger partial charge in [0.1, 0.15) is 11.4 Å². The largest absolute Gasteiger partial charge is 0.361 e. The first-order chi connectivity index (χ1) is 13.1. The normalized spacial score (nSPS) is 16.7. The fourth-order valence-electron chi connectivity index (χ4n) is 3.78. The summed E-state index contributed by atoms with van der Waals surface area (Å²) in [5.41, 5.74) is 1.91. The molecule has 1 fully saturated rings. The van der Waals surface area contributed by atoms with Crippen molar-refractivity contribution in [3.05, 3.63) is 23.2 Å². The Labute approximate surface area is 158 Å². The highest BCUT2D eigenvalue weighted by atomic mass is 16.5. The summed E-state index contributed by atoms with van der Waals surface area (Å²) in [7, 11) is 3.83. The zero-order chi connectivity index (χ0) is 18.8. The van der Waals surface area contributed by atoms with Gasteiger partial charge in [-0.05, 0) is 38.5 Å². The molecule has 1 N–H and O–H groups in total. The molecule has 0 radical (unpaired) electrons. The van der Waals surface area contributed by atoms with Crippen molar-refractivity contribution in [2.24, 2.45) is 0 Å². The molecule has 1 amide bonds. The number of aromatic nitrogens is 3. The topological polar surface area (TPSA) is 87.4 Å². The van der Waals surface area contributed by atoms with Crippen LogP contribution in [0, 0.1) is 0 Å². The summed E-state index contributed by atoms with van der Waals surface area (Å²) in [6.45, 7) is 1.95. The lowest BCUT2D eigenvalue weighted by molar-refractivity contribution is 0.101. The van der Waals surface area contributed by atoms with Crippen LogP contribution in [0.15, 0.2) is 10.7 Å². The Morgan fingerprint density at radius 1 is 1.15 bits per heavy atom. The van der Waals surface area contributed by atoms with Gasteiger partial charge < -0.3 is 19.6 Å². The highest BCUT2D eigenvalue weighted by molar-refractivity contribution is 6.05. The van der Waals surface area contributed by atoms with Gasteiger partial charge in [0.15, 0.2) is 11.5 Å². The molecule has 144 valence electrons. The maximum absolute atomic E-state index is 12.8. The molecule has 2 aromatic heterocycles. The van der Waals surface area contributed by atoms with Gasteiger partial charge in [-0.15, -0.1) is 0 Å². The molecule has 2 aliphatic rings. The van der Waals surface area contributed by atoms with Crippen LogP contribution in [-0.2, 0) is 12.8 Å². The number of piperidine rings is 1. The Balaban J connectivity index is 1.57. The van der Waals surface area contributed by atoms with Gasteiger partial charge in [0.05, 0.1) is 6.20 Å². The molecule has 1 aliphatic carbocycles. The molecule has 0 unspecified atom stereocenters. The van der Waals surface area contributed by atoms with E-state index in [4.69, 9.17) is 9.51 Å². The van der Waals surface area contributed by atoms with Crippen LogP contribution in [0.1, 0.15) is 53.9 Å². The average molecular weight is 370 g/mol. The predicted octanol–water partition coefficient (Wildman–Crippen LogP) is 2.65. The summed E-state index contributed by atoms with van der Waals surface area (Å²) < 4.78 is 5.36. The van der Waals surface area contributed by atoms with E-state index in [1.54, 1.807) is 6.20 Å². The second kappa shape index (κ2) is 7.54. The molecule has 0 saturated carbocycles. The third-order valence-corrected chi connectivity index (χ3v) is 5.23. The molecule has 0 aromatic carbocycles. The van der Waals surface area contributed by atoms with Crippen molar-refractivity contribution in [3.8, 4) is 0 Å². The third kappa shape index (κ3) is 3.61. The van der Waals surface area contributed by atoms with Crippen molar-refractivity contribution >= 4 is 23.4 Å². The Bertz CT molecular complexity index is 826. The van der Waals surface area contributed by atoms with Crippen molar-refractivity contribution in [1.29, 1.82) is 0 Å². The summed E-state index contributed by atoms with van der Waals surface area (Å²) in [6, 6.07) is 0. The van der Waals surface area contributed by atoms with Crippen LogP contribution in [-0.4, -0.2) is 48.2 Å². The van der Waals surface area contributed by atoms with Crippen LogP contribution < -0.4 is 15.1 Å². The number of fused-ring (bicyclic) bond motifs is 1. The lowest BCUT2D eigenvalue weighted by Crippen LogP contribution is -2.31. The average Bonchev–Trinajstić information content (AvgIpc) is 3.13. The molecule has 0 spiro atoms. The summed E-state index contributed by atoms with van der Waals surface area (Å²) >= 11 is 0. The molecule has 8 heteroatoms. The Kier molecular flexibility index (Phi) is 4.96. The van der Waals surface area contributed by atoms with Gasteiger partial charge in [0.25, 0.3) is 5.91 Å². The first-order valence-electron chi connectivity index (χ1n) is 9.71. The summed E-state index contributed by atoms with van der Waals surface area (Å²) in [6.07, 6.45) is 9.11. The second-order valence-corrected chi connectivity index (χ2v) is 7.44. The number of hydrogen-bond donors (Lipinski definition) is 1. The zero-order valence-corrected chi connectivity index (χ0v) is 16.0. The van der Waals surface area contributed by atoms with Crippen molar-refractivity contribution in [2.45, 2.75) is 44.9 Å². The van der Waals surface area contributed by atoms with Gasteiger partial charge in [-0.1, -0.05) is 5.16 Å². The van der Waals surface area contributed by atoms with Gasteiger partial charge >= 0.3 is 0 Å². The maximum Gasteiger partial charge on any atom is 0.278 e. The van der Waals surface area contributed by atoms with Crippen molar-refractivity contribution in [2.75, 3.05) is 42.3 Å². The number of carbonyl (C=O) groups is 1. The number of carbonyl (C=O) groups excluding carboxylic acids is 1. The van der Waals surface area contributed by atoms with E-state index >= 15 is 0 Å². The van der Waals surface area contributed by atoms with Gasteiger partial charge in [0.2, 0.25) is 5.95 Å². The van der Waals surface area contributed by atoms with E-state index < -0.39 is 0 Å². The molecule has 4 rings (SSSR count). The second-order valence-electron chi connectivity index (χ2n) is 7.44. The minimum absolute atomic E-state index is 0.265. The highest BCUT2D eigenvalue weighted by Crippen LogP contribution is 2.28. The Morgan fingerprint density at radius 3 is 2.70 bits per heavy atom. The highest BCUT2D eigenvalue weighted by Gasteiger charge is 2.25.